The van der Waals surface area contributed by atoms with Crippen molar-refractivity contribution in [1.82, 2.24) is 10.6 Å². The molecular weight excluding hydrogens is 381 g/mol. The first-order chi connectivity index (χ1) is 13.4. The quantitative estimate of drug-likeness (QED) is 0.343. The number of allylic oxidation sites excluding steroid dienone is 3. The number of hydrogen-bond acceptors (Lipinski definition) is 5. The standard InChI is InChI=1S/C21H25ClFN3O2/c1-3-5-16(20(24)25-2)13-8-9-17(18(23)11-13)21(28)26-19(12-27)14-6-4-7-15(22)10-14/h3-11,19,21,25-28H,12,24H2,1-2H3/b5-3-,20-16+/t19-,21+/m1/s1. The minimum absolute atomic E-state index is 0.0621. The van der Waals surface area contributed by atoms with Gasteiger partial charge in [0.15, 0.2) is 0 Å². The molecule has 0 saturated carbocycles. The van der Waals surface area contributed by atoms with E-state index in [1.54, 1.807) is 49.5 Å². The number of hydrogen-bond donors (Lipinski definition) is 5. The summed E-state index contributed by atoms with van der Waals surface area (Å²) in [6, 6.07) is 10.8. The van der Waals surface area contributed by atoms with Crippen LogP contribution in [0.5, 0.6) is 0 Å². The Morgan fingerprint density at radius 2 is 2.04 bits per heavy atom. The van der Waals surface area contributed by atoms with E-state index in [9.17, 15) is 14.6 Å². The molecule has 2 rings (SSSR count). The second kappa shape index (κ2) is 10.2. The number of aliphatic hydroxyl groups excluding tert-OH is 2. The molecule has 28 heavy (non-hydrogen) atoms. The predicted octanol–water partition coefficient (Wildman–Crippen LogP) is 3.22. The van der Waals surface area contributed by atoms with Crippen LogP contribution < -0.4 is 16.4 Å². The number of rotatable bonds is 8. The van der Waals surface area contributed by atoms with E-state index in [0.29, 0.717) is 27.5 Å². The van der Waals surface area contributed by atoms with E-state index in [4.69, 9.17) is 17.3 Å². The molecule has 6 N–H and O–H groups in total. The summed E-state index contributed by atoms with van der Waals surface area (Å²) in [5.41, 5.74) is 7.91. The van der Waals surface area contributed by atoms with Crippen LogP contribution in [0.4, 0.5) is 4.39 Å². The third-order valence-electron chi connectivity index (χ3n) is 4.29. The zero-order valence-corrected chi connectivity index (χ0v) is 16.5. The Labute approximate surface area is 169 Å². The molecule has 0 heterocycles. The number of nitrogens with two attached hydrogens (primary N) is 1. The van der Waals surface area contributed by atoms with Crippen LogP contribution in [0.25, 0.3) is 5.57 Å². The predicted molar refractivity (Wildman–Crippen MR) is 111 cm³/mol. The Kier molecular flexibility index (Phi) is 8.02. The molecule has 2 aromatic rings. The van der Waals surface area contributed by atoms with Crippen LogP contribution in [-0.2, 0) is 0 Å². The first-order valence-electron chi connectivity index (χ1n) is 8.81. The van der Waals surface area contributed by atoms with E-state index < -0.39 is 18.1 Å². The topological polar surface area (TPSA) is 90.5 Å². The van der Waals surface area contributed by atoms with Crippen LogP contribution in [0.1, 0.15) is 35.9 Å². The fraction of sp³-hybridized carbons (Fsp3) is 0.238. The Bertz CT molecular complexity index is 870. The van der Waals surface area contributed by atoms with E-state index in [-0.39, 0.29) is 12.2 Å². The van der Waals surface area contributed by atoms with Crippen molar-refractivity contribution in [3.8, 4) is 0 Å². The lowest BCUT2D eigenvalue weighted by Gasteiger charge is -2.22. The van der Waals surface area contributed by atoms with Gasteiger partial charge in [0.2, 0.25) is 0 Å². The fourth-order valence-corrected chi connectivity index (χ4v) is 3.02. The molecule has 150 valence electrons. The van der Waals surface area contributed by atoms with Crippen LogP contribution >= 0.6 is 11.6 Å². The highest BCUT2D eigenvalue weighted by Crippen LogP contribution is 2.25. The maximum atomic E-state index is 14.7. The molecule has 0 aliphatic carbocycles. The molecule has 0 unspecified atom stereocenters. The van der Waals surface area contributed by atoms with Gasteiger partial charge in [-0.2, -0.15) is 0 Å². The summed E-state index contributed by atoms with van der Waals surface area (Å²) in [6.45, 7) is 1.55. The summed E-state index contributed by atoms with van der Waals surface area (Å²) >= 11 is 5.98. The van der Waals surface area contributed by atoms with Gasteiger partial charge in [0.1, 0.15) is 17.9 Å². The summed E-state index contributed by atoms with van der Waals surface area (Å²) in [7, 11) is 1.68. The van der Waals surface area contributed by atoms with Gasteiger partial charge in [0.25, 0.3) is 0 Å². The summed E-state index contributed by atoms with van der Waals surface area (Å²) in [5.74, 6) is -0.184. The third-order valence-corrected chi connectivity index (χ3v) is 4.53. The molecule has 5 nitrogen and oxygen atoms in total. The minimum Gasteiger partial charge on any atom is -0.394 e. The summed E-state index contributed by atoms with van der Waals surface area (Å²) in [4.78, 5) is 0. The van der Waals surface area contributed by atoms with Crippen molar-refractivity contribution < 1.29 is 14.6 Å². The number of nitrogens with one attached hydrogen (secondary N) is 2. The van der Waals surface area contributed by atoms with Crippen molar-refractivity contribution in [2.45, 2.75) is 19.2 Å². The highest BCUT2D eigenvalue weighted by Gasteiger charge is 2.19. The lowest BCUT2D eigenvalue weighted by molar-refractivity contribution is 0.101. The molecule has 2 atom stereocenters. The molecule has 0 saturated heterocycles. The number of halogens is 2. The molecule has 0 radical (unpaired) electrons. The Morgan fingerprint density at radius 1 is 1.29 bits per heavy atom. The molecule has 0 fully saturated rings. The zero-order chi connectivity index (χ0) is 20.7. The van der Waals surface area contributed by atoms with Crippen LogP contribution in [0.3, 0.4) is 0 Å². The summed E-state index contributed by atoms with van der Waals surface area (Å²) < 4.78 is 14.7. The second-order valence-electron chi connectivity index (χ2n) is 6.17. The van der Waals surface area contributed by atoms with Gasteiger partial charge in [-0.15, -0.1) is 0 Å². The average molecular weight is 406 g/mol. The minimum atomic E-state index is -1.32. The lowest BCUT2D eigenvalue weighted by Crippen LogP contribution is -2.29. The molecule has 0 aromatic heterocycles. The smallest absolute Gasteiger partial charge is 0.134 e. The van der Waals surface area contributed by atoms with Gasteiger partial charge in [0.05, 0.1) is 12.6 Å². The van der Waals surface area contributed by atoms with Gasteiger partial charge in [-0.3, -0.25) is 5.32 Å². The maximum Gasteiger partial charge on any atom is 0.134 e. The molecule has 0 bridgehead atoms. The first-order valence-corrected chi connectivity index (χ1v) is 9.19. The van der Waals surface area contributed by atoms with Crippen LogP contribution in [0, 0.1) is 5.82 Å². The van der Waals surface area contributed by atoms with Gasteiger partial charge in [0, 0.05) is 23.2 Å². The van der Waals surface area contributed by atoms with E-state index in [1.807, 2.05) is 6.92 Å². The van der Waals surface area contributed by atoms with E-state index in [1.165, 1.54) is 12.1 Å². The monoisotopic (exact) mass is 405 g/mol. The Balaban J connectivity index is 2.27. The van der Waals surface area contributed by atoms with Gasteiger partial charge >= 0.3 is 0 Å². The lowest BCUT2D eigenvalue weighted by atomic mass is 10.0. The molecule has 0 aliphatic heterocycles. The highest BCUT2D eigenvalue weighted by molar-refractivity contribution is 6.30. The fourth-order valence-electron chi connectivity index (χ4n) is 2.82. The molecular formula is C21H25ClFN3O2. The second-order valence-corrected chi connectivity index (χ2v) is 6.61. The Morgan fingerprint density at radius 3 is 2.61 bits per heavy atom. The van der Waals surface area contributed by atoms with Crippen molar-refractivity contribution in [3.63, 3.8) is 0 Å². The van der Waals surface area contributed by atoms with Gasteiger partial charge in [-0.1, -0.05) is 48.0 Å². The maximum absolute atomic E-state index is 14.7. The van der Waals surface area contributed by atoms with Gasteiger partial charge < -0.3 is 21.3 Å². The zero-order valence-electron chi connectivity index (χ0n) is 15.8. The number of benzene rings is 2. The normalized spacial score (nSPS) is 14.6. The molecule has 0 spiro atoms. The van der Waals surface area contributed by atoms with Crippen molar-refractivity contribution in [2.75, 3.05) is 13.7 Å². The summed E-state index contributed by atoms with van der Waals surface area (Å²) in [6.07, 6.45) is 2.26. The van der Waals surface area contributed by atoms with E-state index in [0.717, 1.165) is 0 Å². The highest BCUT2D eigenvalue weighted by atomic mass is 35.5. The van der Waals surface area contributed by atoms with Gasteiger partial charge in [-0.25, -0.2) is 4.39 Å². The largest absolute Gasteiger partial charge is 0.394 e. The van der Waals surface area contributed by atoms with Crippen molar-refractivity contribution in [3.05, 3.63) is 88.0 Å². The van der Waals surface area contributed by atoms with E-state index >= 15 is 0 Å². The van der Waals surface area contributed by atoms with Crippen molar-refractivity contribution >= 4 is 17.2 Å². The number of aliphatic hydroxyl groups is 2. The Hall–Kier alpha value is -2.38. The van der Waals surface area contributed by atoms with Crippen LogP contribution in [0.2, 0.25) is 5.02 Å². The SMILES string of the molecule is C/C=C\C(=C(\N)NC)c1ccc([C@H](O)N[C@H](CO)c2cccc(Cl)c2)c(F)c1. The van der Waals surface area contributed by atoms with Crippen molar-refractivity contribution in [1.29, 1.82) is 0 Å². The molecule has 0 amide bonds. The molecule has 0 aliphatic rings. The molecule has 2 aromatic carbocycles. The summed E-state index contributed by atoms with van der Waals surface area (Å²) in [5, 5.41) is 26.3. The average Bonchev–Trinajstić information content (AvgIpc) is 2.69. The first kappa shape index (κ1) is 21.9. The van der Waals surface area contributed by atoms with Crippen LogP contribution in [-0.4, -0.2) is 23.9 Å². The van der Waals surface area contributed by atoms with Crippen LogP contribution in [0.15, 0.2) is 60.4 Å². The molecule has 7 heteroatoms. The van der Waals surface area contributed by atoms with Crippen molar-refractivity contribution in [2.24, 2.45) is 5.73 Å². The van der Waals surface area contributed by atoms with Gasteiger partial charge in [-0.05, 0) is 36.2 Å². The van der Waals surface area contributed by atoms with E-state index in [2.05, 4.69) is 10.6 Å². The third kappa shape index (κ3) is 5.33.